The van der Waals surface area contributed by atoms with Crippen LogP contribution in [0.15, 0.2) is 16.3 Å². The van der Waals surface area contributed by atoms with E-state index in [1.54, 1.807) is 19.2 Å². The van der Waals surface area contributed by atoms with Crippen molar-refractivity contribution in [2.24, 2.45) is 0 Å². The van der Waals surface area contributed by atoms with Crippen molar-refractivity contribution in [3.63, 3.8) is 0 Å². The van der Waals surface area contributed by atoms with Gasteiger partial charge in [-0.25, -0.2) is 13.2 Å². The standard InChI is InChI=1S/C12H19NO5S2/c1-5-13(9(2)8-17-3)20(15,16)10-6-7-19-11(10)12(14)18-4/h6-7,9H,5,8H2,1-4H3/t9-/m1/s1. The number of methoxy groups -OCH3 is 2. The monoisotopic (exact) mass is 321 g/mol. The lowest BCUT2D eigenvalue weighted by atomic mass is 10.4. The minimum Gasteiger partial charge on any atom is -0.465 e. The number of carbonyl (C=O) groups is 1. The van der Waals surface area contributed by atoms with Crippen molar-refractivity contribution in [3.05, 3.63) is 16.3 Å². The summed E-state index contributed by atoms with van der Waals surface area (Å²) >= 11 is 1.05. The van der Waals surface area contributed by atoms with E-state index in [0.717, 1.165) is 11.3 Å². The Balaban J connectivity index is 3.21. The zero-order valence-electron chi connectivity index (χ0n) is 12.0. The highest BCUT2D eigenvalue weighted by atomic mass is 32.2. The first-order chi connectivity index (χ1) is 9.39. The molecule has 6 nitrogen and oxygen atoms in total. The van der Waals surface area contributed by atoms with Crippen LogP contribution in [0.2, 0.25) is 0 Å². The summed E-state index contributed by atoms with van der Waals surface area (Å²) in [6.07, 6.45) is 0. The Morgan fingerprint density at radius 3 is 2.60 bits per heavy atom. The maximum atomic E-state index is 12.7. The zero-order valence-corrected chi connectivity index (χ0v) is 13.6. The van der Waals surface area contributed by atoms with Gasteiger partial charge >= 0.3 is 5.97 Å². The lowest BCUT2D eigenvalue weighted by Crippen LogP contribution is -2.41. The van der Waals surface area contributed by atoms with E-state index in [2.05, 4.69) is 4.74 Å². The van der Waals surface area contributed by atoms with Crippen LogP contribution < -0.4 is 0 Å². The summed E-state index contributed by atoms with van der Waals surface area (Å²) in [6.45, 7) is 4.08. The van der Waals surface area contributed by atoms with Gasteiger partial charge in [0.1, 0.15) is 9.77 Å². The molecular formula is C12H19NO5S2. The number of ether oxygens (including phenoxy) is 2. The molecule has 0 fully saturated rings. The molecule has 0 spiro atoms. The first kappa shape index (κ1) is 17.1. The molecule has 1 aromatic rings. The molecule has 0 aliphatic rings. The molecule has 0 bridgehead atoms. The van der Waals surface area contributed by atoms with Gasteiger partial charge in [0.05, 0.1) is 13.7 Å². The fourth-order valence-electron chi connectivity index (χ4n) is 1.91. The lowest BCUT2D eigenvalue weighted by molar-refractivity contribution is 0.0602. The Hall–Kier alpha value is -0.960. The molecule has 0 aliphatic carbocycles. The van der Waals surface area contributed by atoms with Crippen molar-refractivity contribution in [1.29, 1.82) is 0 Å². The van der Waals surface area contributed by atoms with Gasteiger partial charge in [-0.1, -0.05) is 6.92 Å². The van der Waals surface area contributed by atoms with Gasteiger partial charge in [-0.2, -0.15) is 4.31 Å². The second kappa shape index (κ2) is 7.16. The number of hydrogen-bond donors (Lipinski definition) is 0. The largest absolute Gasteiger partial charge is 0.465 e. The molecule has 0 amide bonds. The van der Waals surface area contributed by atoms with Crippen LogP contribution in [0.3, 0.4) is 0 Å². The normalized spacial score (nSPS) is 13.4. The van der Waals surface area contributed by atoms with E-state index < -0.39 is 16.0 Å². The fraction of sp³-hybridized carbons (Fsp3) is 0.583. The highest BCUT2D eigenvalue weighted by Crippen LogP contribution is 2.27. The van der Waals surface area contributed by atoms with Gasteiger partial charge in [-0.3, -0.25) is 0 Å². The first-order valence-electron chi connectivity index (χ1n) is 6.06. The average molecular weight is 321 g/mol. The number of esters is 1. The van der Waals surface area contributed by atoms with Crippen molar-refractivity contribution in [2.45, 2.75) is 24.8 Å². The topological polar surface area (TPSA) is 72.9 Å². The molecule has 114 valence electrons. The van der Waals surface area contributed by atoms with E-state index in [0.29, 0.717) is 6.54 Å². The quantitative estimate of drug-likeness (QED) is 0.713. The van der Waals surface area contributed by atoms with Crippen LogP contribution in [0.5, 0.6) is 0 Å². The van der Waals surface area contributed by atoms with E-state index in [1.807, 2.05) is 0 Å². The maximum Gasteiger partial charge on any atom is 0.349 e. The Kier molecular flexibility index (Phi) is 6.12. The predicted octanol–water partition coefficient (Wildman–Crippen LogP) is 1.58. The highest BCUT2D eigenvalue weighted by molar-refractivity contribution is 7.89. The molecule has 0 saturated heterocycles. The molecule has 1 rings (SSSR count). The smallest absolute Gasteiger partial charge is 0.349 e. The number of hydrogen-bond acceptors (Lipinski definition) is 6. The van der Waals surface area contributed by atoms with E-state index >= 15 is 0 Å². The third kappa shape index (κ3) is 3.38. The first-order valence-corrected chi connectivity index (χ1v) is 8.38. The molecular weight excluding hydrogens is 302 g/mol. The van der Waals surface area contributed by atoms with Crippen molar-refractivity contribution in [1.82, 2.24) is 4.31 Å². The lowest BCUT2D eigenvalue weighted by Gasteiger charge is -2.26. The van der Waals surface area contributed by atoms with Gasteiger partial charge in [-0.05, 0) is 18.4 Å². The Morgan fingerprint density at radius 1 is 1.45 bits per heavy atom. The van der Waals surface area contributed by atoms with Gasteiger partial charge in [0.2, 0.25) is 10.0 Å². The number of rotatable bonds is 7. The second-order valence-corrected chi connectivity index (χ2v) is 6.89. The van der Waals surface area contributed by atoms with Gasteiger partial charge in [-0.15, -0.1) is 11.3 Å². The van der Waals surface area contributed by atoms with E-state index in [4.69, 9.17) is 4.74 Å². The van der Waals surface area contributed by atoms with Crippen LogP contribution in [0.25, 0.3) is 0 Å². The van der Waals surface area contributed by atoms with Crippen LogP contribution in [0.1, 0.15) is 23.5 Å². The summed E-state index contributed by atoms with van der Waals surface area (Å²) in [7, 11) is -1.01. The molecule has 1 aromatic heterocycles. The second-order valence-electron chi connectivity index (χ2n) is 4.12. The van der Waals surface area contributed by atoms with Crippen LogP contribution in [-0.4, -0.2) is 52.1 Å². The number of sulfonamides is 1. The predicted molar refractivity (Wildman–Crippen MR) is 76.6 cm³/mol. The maximum absolute atomic E-state index is 12.7. The van der Waals surface area contributed by atoms with Crippen LogP contribution in [0, 0.1) is 0 Å². The zero-order chi connectivity index (χ0) is 15.3. The Labute approximate surface area is 123 Å². The van der Waals surface area contributed by atoms with Crippen LogP contribution in [-0.2, 0) is 19.5 Å². The van der Waals surface area contributed by atoms with Crippen molar-refractivity contribution in [3.8, 4) is 0 Å². The minimum absolute atomic E-state index is 0.0147. The molecule has 1 atom stereocenters. The van der Waals surface area contributed by atoms with E-state index in [-0.39, 0.29) is 22.4 Å². The minimum atomic E-state index is -3.75. The van der Waals surface area contributed by atoms with Crippen molar-refractivity contribution in [2.75, 3.05) is 27.4 Å². The molecule has 8 heteroatoms. The fourth-order valence-corrected chi connectivity index (χ4v) is 4.85. The molecule has 1 heterocycles. The van der Waals surface area contributed by atoms with E-state index in [9.17, 15) is 13.2 Å². The molecule has 0 aromatic carbocycles. The third-order valence-electron chi connectivity index (χ3n) is 2.80. The van der Waals surface area contributed by atoms with Crippen molar-refractivity contribution < 1.29 is 22.7 Å². The highest BCUT2D eigenvalue weighted by Gasteiger charge is 2.32. The molecule has 0 N–H and O–H groups in total. The third-order valence-corrected chi connectivity index (χ3v) is 5.95. The molecule has 0 saturated carbocycles. The summed E-state index contributed by atoms with van der Waals surface area (Å²) in [6, 6.07) is 1.11. The SMILES string of the molecule is CCN([C@H](C)COC)S(=O)(=O)c1ccsc1C(=O)OC. The van der Waals surface area contributed by atoms with Gasteiger partial charge in [0.25, 0.3) is 0 Å². The van der Waals surface area contributed by atoms with Gasteiger partial charge in [0.15, 0.2) is 0 Å². The van der Waals surface area contributed by atoms with Crippen LogP contribution >= 0.6 is 11.3 Å². The summed E-state index contributed by atoms with van der Waals surface area (Å²) in [5, 5.41) is 1.56. The summed E-state index contributed by atoms with van der Waals surface area (Å²) < 4.78 is 36.2. The molecule has 0 aliphatic heterocycles. The summed E-state index contributed by atoms with van der Waals surface area (Å²) in [4.78, 5) is 11.7. The number of carbonyl (C=O) groups excluding carboxylic acids is 1. The average Bonchev–Trinajstić information content (AvgIpc) is 2.88. The van der Waals surface area contributed by atoms with Gasteiger partial charge < -0.3 is 9.47 Å². The number of thiophene rings is 1. The summed E-state index contributed by atoms with van der Waals surface area (Å²) in [5.41, 5.74) is 0. The van der Waals surface area contributed by atoms with Gasteiger partial charge in [0, 0.05) is 19.7 Å². The number of nitrogens with zero attached hydrogens (tertiary/aromatic N) is 1. The summed E-state index contributed by atoms with van der Waals surface area (Å²) in [5.74, 6) is -0.644. The Bertz CT molecular complexity index is 552. The molecule has 20 heavy (non-hydrogen) atoms. The van der Waals surface area contributed by atoms with Crippen molar-refractivity contribution >= 4 is 27.3 Å². The Morgan fingerprint density at radius 2 is 2.10 bits per heavy atom. The van der Waals surface area contributed by atoms with E-state index in [1.165, 1.54) is 24.6 Å². The molecule has 0 radical (unpaired) electrons. The number of likely N-dealkylation sites (N-methyl/N-ethyl adjacent to an activating group) is 1. The van der Waals surface area contributed by atoms with Crippen LogP contribution in [0.4, 0.5) is 0 Å². The molecule has 0 unspecified atom stereocenters.